The van der Waals surface area contributed by atoms with E-state index in [9.17, 15) is 76.0 Å². The van der Waals surface area contributed by atoms with Gasteiger partial charge in [0.25, 0.3) is 0 Å². The molecule has 2 heterocycles. The molecule has 22 atom stereocenters. The zero-order valence-corrected chi connectivity index (χ0v) is 44.3. The van der Waals surface area contributed by atoms with Gasteiger partial charge in [-0.1, -0.05) is 97.1 Å². The van der Waals surface area contributed by atoms with Gasteiger partial charge in [0.15, 0.2) is 0 Å². The number of carbonyl (C=O) groups excluding carboxylic acids is 2. The highest BCUT2D eigenvalue weighted by molar-refractivity contribution is 5.87. The van der Waals surface area contributed by atoms with E-state index in [-0.39, 0.29) is 62.8 Å². The molecule has 0 aromatic carbocycles. The SMILES string of the molecule is C/C1=C\CCC(C)C(O)C(C)C(O)CC/C=C/C(C)C(O)/C=C/C(C)C(O)/C(C)=C/C(O)C(O)CC(O)CC(O)CC(O)C(C)C(O)C(C)C(O)CC(O)CC(O)/C=C/CC(C(C)C2CCC(=O)O2)OC1=O. The number of carbonyl (C=O) groups is 2. The third-order valence-electron chi connectivity index (χ3n) is 15.1. The highest BCUT2D eigenvalue weighted by Crippen LogP contribution is 2.30. The molecule has 17 heteroatoms. The molecule has 0 aliphatic carbocycles. The number of hydrogen-bond acceptors (Lipinski definition) is 17. The Balaban J connectivity index is 2.28. The maximum atomic E-state index is 13.4. The first kappa shape index (κ1) is 65.2. The fourth-order valence-electron chi connectivity index (χ4n) is 9.41. The summed E-state index contributed by atoms with van der Waals surface area (Å²) in [5.74, 6) is -4.56. The highest BCUT2D eigenvalue weighted by Gasteiger charge is 2.36. The molecule has 1 fully saturated rings. The molecule has 72 heavy (non-hydrogen) atoms. The van der Waals surface area contributed by atoms with Crippen LogP contribution in [0.2, 0.25) is 0 Å². The summed E-state index contributed by atoms with van der Waals surface area (Å²) in [5, 5.41) is 141. The number of aliphatic hydroxyl groups is 13. The van der Waals surface area contributed by atoms with Gasteiger partial charge in [0.05, 0.1) is 79.4 Å². The summed E-state index contributed by atoms with van der Waals surface area (Å²) in [6.07, 6.45) is -2.35. The molecule has 2 aliphatic rings. The van der Waals surface area contributed by atoms with Gasteiger partial charge in [0, 0.05) is 66.8 Å². The molecule has 0 aromatic rings. The summed E-state index contributed by atoms with van der Waals surface area (Å²) in [5.41, 5.74) is 0.674. The Labute approximate surface area is 428 Å². The van der Waals surface area contributed by atoms with Crippen molar-refractivity contribution in [2.24, 2.45) is 41.4 Å². The zero-order valence-electron chi connectivity index (χ0n) is 44.3. The smallest absolute Gasteiger partial charge is 0.333 e. The lowest BCUT2D eigenvalue weighted by atomic mass is 9.82. The molecule has 0 radical (unpaired) electrons. The van der Waals surface area contributed by atoms with Gasteiger partial charge < -0.3 is 75.9 Å². The number of cyclic esters (lactones) is 2. The molecule has 2 rings (SSSR count). The van der Waals surface area contributed by atoms with Gasteiger partial charge in [0.2, 0.25) is 0 Å². The Morgan fingerprint density at radius 2 is 1.11 bits per heavy atom. The summed E-state index contributed by atoms with van der Waals surface area (Å²) in [7, 11) is 0. The third kappa shape index (κ3) is 22.5. The molecular weight excluding hydrogens is 933 g/mol. The monoisotopic (exact) mass is 1030 g/mol. The average Bonchev–Trinajstić information content (AvgIpc) is 3.77. The van der Waals surface area contributed by atoms with E-state index in [0.717, 1.165) is 0 Å². The van der Waals surface area contributed by atoms with E-state index in [4.69, 9.17) is 9.47 Å². The van der Waals surface area contributed by atoms with E-state index in [1.165, 1.54) is 26.0 Å². The molecule has 0 saturated carbocycles. The topological polar surface area (TPSA) is 316 Å². The number of esters is 2. The van der Waals surface area contributed by atoms with Crippen molar-refractivity contribution < 1.29 is 85.4 Å². The lowest BCUT2D eigenvalue weighted by molar-refractivity contribution is -0.152. The first-order valence-electron chi connectivity index (χ1n) is 26.3. The van der Waals surface area contributed by atoms with Gasteiger partial charge in [-0.15, -0.1) is 0 Å². The van der Waals surface area contributed by atoms with Crippen molar-refractivity contribution >= 4 is 11.9 Å². The zero-order chi connectivity index (χ0) is 54.6. The molecule has 17 nitrogen and oxygen atoms in total. The lowest BCUT2D eigenvalue weighted by Gasteiger charge is -2.33. The summed E-state index contributed by atoms with van der Waals surface area (Å²) in [4.78, 5) is 25.4. The number of aliphatic hydroxyl groups excluding tert-OH is 13. The number of ether oxygens (including phenoxy) is 2. The van der Waals surface area contributed by atoms with Crippen molar-refractivity contribution in [2.45, 2.75) is 231 Å². The van der Waals surface area contributed by atoms with Crippen molar-refractivity contribution in [2.75, 3.05) is 0 Å². The minimum atomic E-state index is -1.48. The van der Waals surface area contributed by atoms with Crippen LogP contribution in [-0.4, -0.2) is 170 Å². The van der Waals surface area contributed by atoms with Crippen molar-refractivity contribution in [3.63, 3.8) is 0 Å². The molecular formula is C55H94O17. The average molecular weight is 1030 g/mol. The van der Waals surface area contributed by atoms with Crippen LogP contribution in [0.1, 0.15) is 139 Å². The van der Waals surface area contributed by atoms with Crippen LogP contribution in [0.15, 0.2) is 59.8 Å². The van der Waals surface area contributed by atoms with E-state index in [1.54, 1.807) is 52.0 Å². The molecule has 1 saturated heterocycles. The van der Waals surface area contributed by atoms with Gasteiger partial charge in [-0.3, -0.25) is 4.79 Å². The van der Waals surface area contributed by atoms with Crippen LogP contribution >= 0.6 is 0 Å². The van der Waals surface area contributed by atoms with Gasteiger partial charge in [-0.05, 0) is 76.7 Å². The van der Waals surface area contributed by atoms with Gasteiger partial charge in [0.1, 0.15) is 12.2 Å². The third-order valence-corrected chi connectivity index (χ3v) is 15.1. The molecule has 0 spiro atoms. The fourth-order valence-corrected chi connectivity index (χ4v) is 9.41. The molecule has 416 valence electrons. The fraction of sp³-hybridized carbons (Fsp3) is 0.782. The van der Waals surface area contributed by atoms with Crippen LogP contribution < -0.4 is 0 Å². The number of rotatable bonds is 2. The van der Waals surface area contributed by atoms with Crippen LogP contribution in [0.4, 0.5) is 0 Å². The molecule has 0 bridgehead atoms. The van der Waals surface area contributed by atoms with Crippen LogP contribution in [0, 0.1) is 41.4 Å². The summed E-state index contributed by atoms with van der Waals surface area (Å²) in [6.45, 7) is 15.3. The maximum Gasteiger partial charge on any atom is 0.333 e. The van der Waals surface area contributed by atoms with Crippen LogP contribution in [0.3, 0.4) is 0 Å². The second-order valence-electron chi connectivity index (χ2n) is 21.5. The van der Waals surface area contributed by atoms with Crippen LogP contribution in [0.25, 0.3) is 0 Å². The minimum absolute atomic E-state index is 0.145. The van der Waals surface area contributed by atoms with Crippen molar-refractivity contribution in [1.29, 1.82) is 0 Å². The molecule has 0 amide bonds. The minimum Gasteiger partial charge on any atom is -0.462 e. The quantitative estimate of drug-likeness (QED) is 0.140. The Morgan fingerprint density at radius 1 is 0.542 bits per heavy atom. The Bertz CT molecular complexity index is 1730. The summed E-state index contributed by atoms with van der Waals surface area (Å²) < 4.78 is 11.4. The Kier molecular flexibility index (Phi) is 29.5. The number of hydrogen-bond donors (Lipinski definition) is 13. The number of allylic oxidation sites excluding steroid dienone is 2. The van der Waals surface area contributed by atoms with Crippen molar-refractivity contribution in [1.82, 2.24) is 0 Å². The normalized spacial score (nSPS) is 44.2. The summed E-state index contributed by atoms with van der Waals surface area (Å²) in [6, 6.07) is 0. The second-order valence-corrected chi connectivity index (χ2v) is 21.5. The van der Waals surface area contributed by atoms with E-state index < -0.39 is 127 Å². The van der Waals surface area contributed by atoms with E-state index in [2.05, 4.69) is 0 Å². The highest BCUT2D eigenvalue weighted by atomic mass is 16.6. The summed E-state index contributed by atoms with van der Waals surface area (Å²) >= 11 is 0. The van der Waals surface area contributed by atoms with Crippen molar-refractivity contribution in [3.05, 3.63) is 59.8 Å². The maximum absolute atomic E-state index is 13.4. The molecule has 0 aromatic heterocycles. The van der Waals surface area contributed by atoms with E-state index in [0.29, 0.717) is 43.3 Å². The van der Waals surface area contributed by atoms with E-state index >= 15 is 0 Å². The van der Waals surface area contributed by atoms with Gasteiger partial charge in [-0.2, -0.15) is 0 Å². The molecule has 13 N–H and O–H groups in total. The van der Waals surface area contributed by atoms with Crippen LogP contribution in [-0.2, 0) is 19.1 Å². The van der Waals surface area contributed by atoms with Crippen LogP contribution in [0.5, 0.6) is 0 Å². The van der Waals surface area contributed by atoms with E-state index in [1.807, 2.05) is 32.9 Å². The Hall–Kier alpha value is -2.88. The van der Waals surface area contributed by atoms with Gasteiger partial charge in [-0.25, -0.2) is 4.79 Å². The predicted molar refractivity (Wildman–Crippen MR) is 272 cm³/mol. The molecule has 22 unspecified atom stereocenters. The Morgan fingerprint density at radius 3 is 1.69 bits per heavy atom. The predicted octanol–water partition coefficient (Wildman–Crippen LogP) is 3.22. The molecule has 2 aliphatic heterocycles. The standard InChI is InChI=1S/C55H94O17/c1-30-14-10-11-18-44(61)35(6)53(68)31(2)15-12-16-33(4)55(70)72-49(38(9)50-22-23-51(66)71-50)19-13-17-39(56)25-40(57)27-45(62)36(7)54(69)37(8)46(63)28-41(58)26-42(59)29-48(65)47(64)24-34(5)52(67)32(3)20-21-43(30)60/h10,13-14,16-17,20-21,24,30-32,35-50,52-54,56-65,67-69H,11-12,15,18-19,22-23,25-29H2,1-9H3/b14-10+,17-13+,21-20+,33-16+,34-24+. The first-order chi connectivity index (χ1) is 33.6. The first-order valence-corrected chi connectivity index (χ1v) is 26.3. The lowest BCUT2D eigenvalue weighted by Crippen LogP contribution is -2.41. The second kappa shape index (κ2) is 32.5. The van der Waals surface area contributed by atoms with Crippen molar-refractivity contribution in [3.8, 4) is 0 Å². The largest absolute Gasteiger partial charge is 0.462 e. The van der Waals surface area contributed by atoms with Gasteiger partial charge >= 0.3 is 11.9 Å².